The molecule has 9 heavy (non-hydrogen) atoms. The van der Waals surface area contributed by atoms with Crippen LogP contribution in [0.1, 0.15) is 34.1 Å². The molecule has 0 radical (unpaired) electrons. The molecule has 1 unspecified atom stereocenters. The summed E-state index contributed by atoms with van der Waals surface area (Å²) in [5.41, 5.74) is -0.458. The van der Waals surface area contributed by atoms with Crippen LogP contribution < -0.4 is 0 Å². The third-order valence-electron chi connectivity index (χ3n) is 1.96. The van der Waals surface area contributed by atoms with E-state index in [0.29, 0.717) is 5.92 Å². The van der Waals surface area contributed by atoms with E-state index in [2.05, 4.69) is 0 Å². The van der Waals surface area contributed by atoms with E-state index in [1.807, 2.05) is 27.7 Å². The van der Waals surface area contributed by atoms with Crippen molar-refractivity contribution < 1.29 is 26.8 Å². The molecule has 1 N–H and O–H groups in total. The summed E-state index contributed by atoms with van der Waals surface area (Å²) in [5.74, 6) is 0.368. The maximum atomic E-state index is 9.40. The topological polar surface area (TPSA) is 20.2 Å². The molecule has 0 aliphatic rings. The van der Waals surface area contributed by atoms with Crippen molar-refractivity contribution >= 4 is 0 Å². The zero-order chi connectivity index (χ0) is 6.78. The summed E-state index contributed by atoms with van der Waals surface area (Å²) in [6.07, 6.45) is 0.838. The van der Waals surface area contributed by atoms with Gasteiger partial charge in [-0.2, -0.15) is 0 Å². The molecule has 2 heteroatoms. The Balaban J connectivity index is 0. The van der Waals surface area contributed by atoms with Crippen LogP contribution in [0.2, 0.25) is 0 Å². The van der Waals surface area contributed by atoms with Crippen LogP contribution in [0.4, 0.5) is 0 Å². The first-order chi connectivity index (χ1) is 3.50. The number of rotatable bonds is 2. The van der Waals surface area contributed by atoms with Crippen LogP contribution in [0.3, 0.4) is 0 Å². The van der Waals surface area contributed by atoms with Gasteiger partial charge in [-0.3, -0.25) is 0 Å². The molecule has 0 aromatic heterocycles. The third-order valence-corrected chi connectivity index (χ3v) is 1.96. The molecular formula is C7H16OTi. The minimum atomic E-state index is -0.458. The van der Waals surface area contributed by atoms with Crippen molar-refractivity contribution in [3.8, 4) is 0 Å². The second-order valence-electron chi connectivity index (χ2n) is 2.87. The first-order valence-corrected chi connectivity index (χ1v) is 3.23. The van der Waals surface area contributed by atoms with Gasteiger partial charge in [0.1, 0.15) is 0 Å². The summed E-state index contributed by atoms with van der Waals surface area (Å²) in [6.45, 7) is 7.94. The Hall–Kier alpha value is 0.674. The van der Waals surface area contributed by atoms with Gasteiger partial charge in [0.2, 0.25) is 0 Å². The summed E-state index contributed by atoms with van der Waals surface area (Å²) in [7, 11) is 0. The van der Waals surface area contributed by atoms with Gasteiger partial charge in [-0.15, -0.1) is 0 Å². The Kier molecular flexibility index (Phi) is 6.16. The smallest absolute Gasteiger partial charge is 0.0639 e. The zero-order valence-corrected chi connectivity index (χ0v) is 8.29. The fraction of sp³-hybridized carbons (Fsp3) is 1.00. The molecule has 0 saturated heterocycles. The van der Waals surface area contributed by atoms with Crippen molar-refractivity contribution in [2.75, 3.05) is 0 Å². The van der Waals surface area contributed by atoms with Gasteiger partial charge in [-0.25, -0.2) is 0 Å². The fourth-order valence-electron chi connectivity index (χ4n) is 0.408. The van der Waals surface area contributed by atoms with Gasteiger partial charge in [0.25, 0.3) is 0 Å². The average molecular weight is 164 g/mol. The van der Waals surface area contributed by atoms with Crippen LogP contribution in [0, 0.1) is 5.92 Å². The molecule has 0 bridgehead atoms. The van der Waals surface area contributed by atoms with Crippen molar-refractivity contribution in [1.82, 2.24) is 0 Å². The molecule has 54 valence electrons. The van der Waals surface area contributed by atoms with Crippen molar-refractivity contribution in [2.24, 2.45) is 5.92 Å². The first kappa shape index (κ1) is 12.4. The summed E-state index contributed by atoms with van der Waals surface area (Å²) in [4.78, 5) is 0. The minimum Gasteiger partial charge on any atom is -0.390 e. The largest absolute Gasteiger partial charge is 0.390 e. The number of hydrogen-bond acceptors (Lipinski definition) is 1. The molecule has 0 aliphatic heterocycles. The van der Waals surface area contributed by atoms with E-state index in [1.54, 1.807) is 0 Å². The summed E-state index contributed by atoms with van der Waals surface area (Å²) < 4.78 is 0. The van der Waals surface area contributed by atoms with Crippen molar-refractivity contribution in [1.29, 1.82) is 0 Å². The van der Waals surface area contributed by atoms with E-state index >= 15 is 0 Å². The van der Waals surface area contributed by atoms with Crippen LogP contribution in [0.25, 0.3) is 0 Å². The van der Waals surface area contributed by atoms with E-state index in [0.717, 1.165) is 6.42 Å². The first-order valence-electron chi connectivity index (χ1n) is 3.23. The van der Waals surface area contributed by atoms with Crippen molar-refractivity contribution in [2.45, 2.75) is 39.7 Å². The Labute approximate surface area is 72.7 Å². The SMILES string of the molecule is CCC(C)(O)C(C)C.[Ti]. The molecule has 0 aromatic rings. The third kappa shape index (κ3) is 4.13. The normalized spacial score (nSPS) is 16.7. The van der Waals surface area contributed by atoms with Crippen LogP contribution in [-0.2, 0) is 21.7 Å². The predicted octanol–water partition coefficient (Wildman–Crippen LogP) is 1.80. The standard InChI is InChI=1S/C7H16O.Ti/c1-5-7(4,8)6(2)3;/h6,8H,5H2,1-4H3;. The zero-order valence-electron chi connectivity index (χ0n) is 6.73. The second kappa shape index (κ2) is 4.48. The van der Waals surface area contributed by atoms with Crippen LogP contribution >= 0.6 is 0 Å². The maximum absolute atomic E-state index is 9.40. The Bertz CT molecular complexity index is 69.3. The van der Waals surface area contributed by atoms with Crippen LogP contribution in [0.15, 0.2) is 0 Å². The van der Waals surface area contributed by atoms with E-state index in [1.165, 1.54) is 0 Å². The minimum absolute atomic E-state index is 0. The molecule has 1 nitrogen and oxygen atoms in total. The van der Waals surface area contributed by atoms with E-state index in [9.17, 15) is 5.11 Å². The quantitative estimate of drug-likeness (QED) is 0.617. The fourth-order valence-corrected chi connectivity index (χ4v) is 0.408. The molecule has 1 atom stereocenters. The monoisotopic (exact) mass is 164 g/mol. The summed E-state index contributed by atoms with van der Waals surface area (Å²) >= 11 is 0. The molecule has 0 amide bonds. The second-order valence-corrected chi connectivity index (χ2v) is 2.87. The van der Waals surface area contributed by atoms with Gasteiger partial charge < -0.3 is 5.11 Å². The maximum Gasteiger partial charge on any atom is 0.0639 e. The molecular weight excluding hydrogens is 148 g/mol. The van der Waals surface area contributed by atoms with Gasteiger partial charge >= 0.3 is 0 Å². The van der Waals surface area contributed by atoms with Gasteiger partial charge in [0, 0.05) is 21.7 Å². The van der Waals surface area contributed by atoms with Crippen LogP contribution in [-0.4, -0.2) is 10.7 Å². The molecule has 0 aliphatic carbocycles. The molecule has 0 heterocycles. The van der Waals surface area contributed by atoms with Gasteiger partial charge in [-0.1, -0.05) is 20.8 Å². The van der Waals surface area contributed by atoms with E-state index in [-0.39, 0.29) is 21.7 Å². The van der Waals surface area contributed by atoms with Crippen LogP contribution in [0.5, 0.6) is 0 Å². The molecule has 0 spiro atoms. The molecule has 0 rings (SSSR count). The molecule has 0 fully saturated rings. The average Bonchev–Trinajstić information content (AvgIpc) is 1.67. The predicted molar refractivity (Wildman–Crippen MR) is 35.8 cm³/mol. The van der Waals surface area contributed by atoms with Gasteiger partial charge in [0.15, 0.2) is 0 Å². The summed E-state index contributed by atoms with van der Waals surface area (Å²) in [6, 6.07) is 0. The number of aliphatic hydroxyl groups is 1. The van der Waals surface area contributed by atoms with Gasteiger partial charge in [0.05, 0.1) is 5.60 Å². The molecule has 0 aromatic carbocycles. The Morgan fingerprint density at radius 3 is 1.78 bits per heavy atom. The van der Waals surface area contributed by atoms with Crippen molar-refractivity contribution in [3.05, 3.63) is 0 Å². The van der Waals surface area contributed by atoms with Gasteiger partial charge in [-0.05, 0) is 19.3 Å². The Morgan fingerprint density at radius 1 is 1.44 bits per heavy atom. The van der Waals surface area contributed by atoms with Crippen molar-refractivity contribution in [3.63, 3.8) is 0 Å². The van der Waals surface area contributed by atoms with E-state index < -0.39 is 5.60 Å². The Morgan fingerprint density at radius 2 is 1.78 bits per heavy atom. The molecule has 0 saturated carbocycles. The van der Waals surface area contributed by atoms with E-state index in [4.69, 9.17) is 0 Å². The summed E-state index contributed by atoms with van der Waals surface area (Å²) in [5, 5.41) is 9.40. The number of hydrogen-bond donors (Lipinski definition) is 1.